The highest BCUT2D eigenvalue weighted by molar-refractivity contribution is 7.80. The molecule has 1 aromatic heterocycles. The van der Waals surface area contributed by atoms with Gasteiger partial charge in [-0.3, -0.25) is 38.8 Å². The van der Waals surface area contributed by atoms with E-state index in [2.05, 4.69) is 43.2 Å². The molecule has 17 N–H and O–H groups in total. The molecule has 0 aromatic carbocycles. The van der Waals surface area contributed by atoms with Gasteiger partial charge in [-0.2, -0.15) is 12.6 Å². The Kier molecular flexibility index (Phi) is 29.6. The van der Waals surface area contributed by atoms with Crippen molar-refractivity contribution in [2.45, 2.75) is 121 Å². The molecular weight excluding hydrogens is 833 g/mol. The van der Waals surface area contributed by atoms with Crippen LogP contribution in [0, 0.1) is 0 Å². The van der Waals surface area contributed by atoms with Gasteiger partial charge in [0.25, 0.3) is 0 Å². The normalized spacial score (nSPS) is 12.3. The van der Waals surface area contributed by atoms with Gasteiger partial charge in [-0.1, -0.05) is 32.6 Å². The monoisotopic (exact) mass is 909 g/mol. The summed E-state index contributed by atoms with van der Waals surface area (Å²) in [5, 5.41) is 5.78. The number of unbranched alkanes of at least 4 members (excludes halogenated alkanes) is 5. The third kappa shape index (κ3) is 23.2. The second-order valence-corrected chi connectivity index (χ2v) is 15.6. The largest absolute Gasteiger partial charge is 0.370 e. The molecule has 0 aliphatic carbocycles. The van der Waals surface area contributed by atoms with Crippen LogP contribution in [0.4, 0.5) is 0 Å². The third-order valence-corrected chi connectivity index (χ3v) is 10.4. The van der Waals surface area contributed by atoms with Gasteiger partial charge in [-0.05, 0) is 57.2 Å². The zero-order valence-electron chi connectivity index (χ0n) is 37.2. The molecule has 63 heavy (non-hydrogen) atoms. The van der Waals surface area contributed by atoms with Gasteiger partial charge in [0.05, 0.1) is 6.33 Å². The van der Waals surface area contributed by atoms with Crippen molar-refractivity contribution in [3.63, 3.8) is 0 Å². The number of H-pyrrole nitrogens is 1. The Labute approximate surface area is 377 Å². The number of thiol groups is 1. The Morgan fingerprint density at radius 1 is 0.667 bits per heavy atom. The van der Waals surface area contributed by atoms with Crippen molar-refractivity contribution in [3.05, 3.63) is 18.2 Å². The Hall–Kier alpha value is -5.16. The van der Waals surface area contributed by atoms with E-state index in [4.69, 9.17) is 40.1 Å². The molecule has 3 atom stereocenters. The smallest absolute Gasteiger partial charge is 0.243 e. The summed E-state index contributed by atoms with van der Waals surface area (Å²) in [5.74, 6) is -2.46. The van der Waals surface area contributed by atoms with Crippen molar-refractivity contribution in [2.24, 2.45) is 50.1 Å². The number of nitrogens with two attached hydrogens (primary N) is 7. The first-order chi connectivity index (χ1) is 30.2. The number of hydrogen-bond acceptors (Lipinski definition) is 12. The molecule has 0 fully saturated rings. The number of amides is 6. The first-order valence-corrected chi connectivity index (χ1v) is 22.7. The molecule has 3 unspecified atom stereocenters. The number of aromatic amines is 1. The second kappa shape index (κ2) is 33.4. The lowest BCUT2D eigenvalue weighted by Gasteiger charge is -2.33. The van der Waals surface area contributed by atoms with E-state index in [1.807, 2.05) is 6.92 Å². The van der Waals surface area contributed by atoms with Gasteiger partial charge in [-0.25, -0.2) is 4.98 Å². The molecule has 0 radical (unpaired) electrons. The summed E-state index contributed by atoms with van der Waals surface area (Å²) in [6.45, 7) is 3.09. The highest BCUT2D eigenvalue weighted by atomic mass is 32.1. The summed E-state index contributed by atoms with van der Waals surface area (Å²) in [5.41, 5.74) is 39.8. The highest BCUT2D eigenvalue weighted by Gasteiger charge is 2.33. The number of aliphatic imine (C=N–C) groups is 2. The molecule has 23 heteroatoms. The maximum absolute atomic E-state index is 14.3. The first kappa shape index (κ1) is 55.9. The van der Waals surface area contributed by atoms with Gasteiger partial charge < -0.3 is 70.5 Å². The highest BCUT2D eigenvalue weighted by Crippen LogP contribution is 2.16. The number of aromatic nitrogens is 2. The van der Waals surface area contributed by atoms with Gasteiger partial charge >= 0.3 is 0 Å². The van der Waals surface area contributed by atoms with E-state index in [1.165, 1.54) is 21.0 Å². The van der Waals surface area contributed by atoms with E-state index < -0.39 is 35.8 Å². The van der Waals surface area contributed by atoms with E-state index in [9.17, 15) is 28.8 Å². The van der Waals surface area contributed by atoms with Crippen molar-refractivity contribution < 1.29 is 28.8 Å². The number of hydrogen-bond donors (Lipinski definition) is 11. The summed E-state index contributed by atoms with van der Waals surface area (Å²) >= 11 is 4.19. The summed E-state index contributed by atoms with van der Waals surface area (Å²) in [7, 11) is 0. The van der Waals surface area contributed by atoms with Crippen LogP contribution in [-0.4, -0.2) is 155 Å². The number of rotatable bonds is 36. The molecule has 1 aromatic rings. The maximum Gasteiger partial charge on any atom is 0.243 e. The van der Waals surface area contributed by atoms with Crippen molar-refractivity contribution in [1.82, 2.24) is 35.3 Å². The van der Waals surface area contributed by atoms with Crippen LogP contribution in [0.5, 0.6) is 0 Å². The molecule has 0 aliphatic heterocycles. The first-order valence-electron chi connectivity index (χ1n) is 22.0. The predicted octanol–water partition coefficient (Wildman–Crippen LogP) is -1.86. The number of guanidine groups is 2. The van der Waals surface area contributed by atoms with Crippen LogP contribution in [0.1, 0.15) is 103 Å². The van der Waals surface area contributed by atoms with Gasteiger partial charge in [-0.15, -0.1) is 0 Å². The number of primary amides is 1. The van der Waals surface area contributed by atoms with E-state index in [1.54, 1.807) is 6.20 Å². The molecule has 22 nitrogen and oxygen atoms in total. The van der Waals surface area contributed by atoms with E-state index in [0.717, 1.165) is 12.8 Å². The van der Waals surface area contributed by atoms with Crippen LogP contribution >= 0.6 is 12.6 Å². The molecule has 1 heterocycles. The minimum Gasteiger partial charge on any atom is -0.370 e. The Balaban J connectivity index is 3.44. The van der Waals surface area contributed by atoms with Crippen LogP contribution in [0.3, 0.4) is 0 Å². The molecule has 0 saturated heterocycles. The van der Waals surface area contributed by atoms with Crippen LogP contribution in [0.25, 0.3) is 0 Å². The number of carbonyl (C=O) groups is 6. The van der Waals surface area contributed by atoms with Gasteiger partial charge in [0.2, 0.25) is 35.4 Å². The molecule has 0 saturated carbocycles. The quantitative estimate of drug-likeness (QED) is 0.0153. The molecule has 0 aliphatic rings. The predicted molar refractivity (Wildman–Crippen MR) is 248 cm³/mol. The summed E-state index contributed by atoms with van der Waals surface area (Å²) in [6.07, 6.45) is 9.67. The molecule has 0 spiro atoms. The summed E-state index contributed by atoms with van der Waals surface area (Å²) in [6, 6.07) is -2.89. The molecular formula is C40H76N16O6S. The SMILES string of the molecule is CCCCCC(C(N)=O)N(CCNC(=O)C(Cc1cnc[nH]1)N(CCNC(=O)C(CCCN=C(N)N)N(CCN)C(=O)CCS)C(=O)CCCCCN)C(=O)CCCCN=C(N)N. The molecule has 0 bridgehead atoms. The Morgan fingerprint density at radius 2 is 1.21 bits per heavy atom. The lowest BCUT2D eigenvalue weighted by Crippen LogP contribution is -2.56. The fraction of sp³-hybridized carbons (Fsp3) is 0.725. The van der Waals surface area contributed by atoms with Gasteiger partial charge in [0, 0.05) is 89.9 Å². The molecule has 6 amide bonds. The second-order valence-electron chi connectivity index (χ2n) is 15.1. The standard InChI is InChI=1S/C40H76N16O6S/c1-2-3-5-11-30(36(43)60)55(33(57)14-7-9-18-51-39(44)45)23-20-50-38(62)32(26-29-27-48-28-53-29)56(34(58)13-6-4-8-16-41)24-21-49-37(61)31(12-10-19-52-40(46)47)54(22-17-42)35(59)15-25-63/h27-28,30-32,63H,2-26,41-42H2,1H3,(H2,43,60)(H,48,53)(H,49,61)(H,50,62)(H4,44,45,51)(H4,46,47,52). The van der Waals surface area contributed by atoms with Crippen LogP contribution < -0.4 is 50.8 Å². The number of nitrogens with zero attached hydrogens (tertiary/aromatic N) is 6. The fourth-order valence-electron chi connectivity index (χ4n) is 6.97. The Morgan fingerprint density at radius 3 is 1.73 bits per heavy atom. The van der Waals surface area contributed by atoms with Crippen LogP contribution in [-0.2, 0) is 35.2 Å². The van der Waals surface area contributed by atoms with E-state index in [-0.39, 0.29) is 113 Å². The van der Waals surface area contributed by atoms with Crippen molar-refractivity contribution in [1.29, 1.82) is 0 Å². The topological polar surface area (TPSA) is 372 Å². The molecule has 1 rings (SSSR count). The van der Waals surface area contributed by atoms with Gasteiger partial charge in [0.15, 0.2) is 11.9 Å². The van der Waals surface area contributed by atoms with Crippen molar-refractivity contribution in [3.8, 4) is 0 Å². The zero-order valence-corrected chi connectivity index (χ0v) is 38.1. The van der Waals surface area contributed by atoms with E-state index >= 15 is 0 Å². The van der Waals surface area contributed by atoms with E-state index in [0.29, 0.717) is 70.2 Å². The average Bonchev–Trinajstić information content (AvgIpc) is 3.76. The fourth-order valence-corrected chi connectivity index (χ4v) is 7.16. The van der Waals surface area contributed by atoms with Crippen LogP contribution in [0.2, 0.25) is 0 Å². The lowest BCUT2D eigenvalue weighted by molar-refractivity contribution is -0.142. The summed E-state index contributed by atoms with van der Waals surface area (Å²) in [4.78, 5) is 101. The number of nitrogens with one attached hydrogen (secondary N) is 3. The van der Waals surface area contributed by atoms with Crippen molar-refractivity contribution >= 4 is 60.0 Å². The third-order valence-electron chi connectivity index (χ3n) is 10.2. The minimum atomic E-state index is -1.08. The van der Waals surface area contributed by atoms with Crippen LogP contribution in [0.15, 0.2) is 22.5 Å². The van der Waals surface area contributed by atoms with Gasteiger partial charge in [0.1, 0.15) is 18.1 Å². The Bertz CT molecular complexity index is 1560. The molecule has 358 valence electrons. The summed E-state index contributed by atoms with van der Waals surface area (Å²) < 4.78 is 0. The zero-order chi connectivity index (χ0) is 47.0. The lowest BCUT2D eigenvalue weighted by atomic mass is 10.0. The average molecular weight is 909 g/mol. The maximum atomic E-state index is 14.3. The number of carbonyl (C=O) groups excluding carboxylic acids is 6. The van der Waals surface area contributed by atoms with Crippen molar-refractivity contribution in [2.75, 3.05) is 64.7 Å². The minimum absolute atomic E-state index is 0.0200. The number of imidazole rings is 1.